The molecule has 0 fully saturated rings. The largest absolute Gasteiger partial charge is 0.493 e. The number of hydrogen-bond donors (Lipinski definition) is 2. The highest BCUT2D eigenvalue weighted by atomic mass is 32.2. The minimum Gasteiger partial charge on any atom is -0.493 e. The van der Waals surface area contributed by atoms with E-state index >= 15 is 0 Å². The number of rotatable bonds is 5. The Kier molecular flexibility index (Phi) is 5.61. The lowest BCUT2D eigenvalue weighted by atomic mass is 10.00. The SMILES string of the molecule is CSc1cc2c(c(SC)c1)C(N(N)c1ncnc(C(C)(C)O)n1)CCO2. The lowest BCUT2D eigenvalue weighted by Crippen LogP contribution is -2.40. The molecule has 0 aliphatic carbocycles. The van der Waals surface area contributed by atoms with Crippen molar-refractivity contribution in [2.75, 3.05) is 24.1 Å². The number of hydrogen-bond acceptors (Lipinski definition) is 9. The maximum Gasteiger partial charge on any atom is 0.243 e. The molecular weight excluding hydrogens is 370 g/mol. The van der Waals surface area contributed by atoms with Gasteiger partial charge in [-0.25, -0.2) is 15.8 Å². The number of benzene rings is 1. The molecule has 0 saturated heterocycles. The zero-order valence-electron chi connectivity index (χ0n) is 15.3. The Hall–Kier alpha value is -1.55. The fourth-order valence-electron chi connectivity index (χ4n) is 2.86. The number of nitrogens with zero attached hydrogens (tertiary/aromatic N) is 4. The number of aliphatic hydroxyl groups is 1. The van der Waals surface area contributed by atoms with Gasteiger partial charge in [-0.15, -0.1) is 23.5 Å². The van der Waals surface area contributed by atoms with E-state index < -0.39 is 5.60 Å². The summed E-state index contributed by atoms with van der Waals surface area (Å²) < 4.78 is 5.90. The van der Waals surface area contributed by atoms with Crippen LogP contribution in [0.5, 0.6) is 5.75 Å². The maximum atomic E-state index is 10.2. The van der Waals surface area contributed by atoms with Crippen molar-refractivity contribution in [2.45, 2.75) is 41.7 Å². The van der Waals surface area contributed by atoms with Gasteiger partial charge in [0.2, 0.25) is 5.95 Å². The second-order valence-electron chi connectivity index (χ2n) is 6.47. The first kappa shape index (κ1) is 19.2. The second-order valence-corrected chi connectivity index (χ2v) is 8.20. The Morgan fingerprint density at radius 2 is 2.04 bits per heavy atom. The highest BCUT2D eigenvalue weighted by Crippen LogP contribution is 2.43. The van der Waals surface area contributed by atoms with E-state index in [0.29, 0.717) is 12.6 Å². The molecule has 2 aromatic rings. The summed E-state index contributed by atoms with van der Waals surface area (Å²) in [7, 11) is 0. The molecule has 0 radical (unpaired) electrons. The van der Waals surface area contributed by atoms with E-state index in [4.69, 9.17) is 10.6 Å². The lowest BCUT2D eigenvalue weighted by molar-refractivity contribution is 0.0684. The molecule has 0 spiro atoms. The van der Waals surface area contributed by atoms with Crippen LogP contribution in [0.25, 0.3) is 0 Å². The van der Waals surface area contributed by atoms with Crippen molar-refractivity contribution in [1.82, 2.24) is 15.0 Å². The van der Waals surface area contributed by atoms with E-state index in [0.717, 1.165) is 27.5 Å². The van der Waals surface area contributed by atoms with Gasteiger partial charge in [0.05, 0.1) is 12.6 Å². The van der Waals surface area contributed by atoms with Crippen molar-refractivity contribution in [2.24, 2.45) is 5.84 Å². The van der Waals surface area contributed by atoms with Crippen molar-refractivity contribution in [3.8, 4) is 5.75 Å². The van der Waals surface area contributed by atoms with Gasteiger partial charge in [-0.1, -0.05) is 0 Å². The van der Waals surface area contributed by atoms with Gasteiger partial charge in [0.25, 0.3) is 0 Å². The van der Waals surface area contributed by atoms with Gasteiger partial charge < -0.3 is 9.84 Å². The van der Waals surface area contributed by atoms with E-state index in [1.54, 1.807) is 42.4 Å². The maximum absolute atomic E-state index is 10.2. The van der Waals surface area contributed by atoms with E-state index in [1.165, 1.54) is 6.33 Å². The third-order valence-electron chi connectivity index (χ3n) is 4.19. The number of fused-ring (bicyclic) bond motifs is 1. The van der Waals surface area contributed by atoms with Gasteiger partial charge in [-0.2, -0.15) is 4.98 Å². The number of thioether (sulfide) groups is 2. The van der Waals surface area contributed by atoms with Gasteiger partial charge in [0.15, 0.2) is 5.82 Å². The number of nitrogens with two attached hydrogens (primary N) is 1. The summed E-state index contributed by atoms with van der Waals surface area (Å²) in [4.78, 5) is 14.9. The fourth-order valence-corrected chi connectivity index (χ4v) is 4.10. The quantitative estimate of drug-likeness (QED) is 0.451. The molecule has 26 heavy (non-hydrogen) atoms. The first-order valence-electron chi connectivity index (χ1n) is 8.19. The van der Waals surface area contributed by atoms with Crippen LogP contribution >= 0.6 is 23.5 Å². The van der Waals surface area contributed by atoms with Crippen molar-refractivity contribution < 1.29 is 9.84 Å². The summed E-state index contributed by atoms with van der Waals surface area (Å²) in [6.07, 6.45) is 6.19. The first-order chi connectivity index (χ1) is 12.3. The Balaban J connectivity index is 2.02. The highest BCUT2D eigenvalue weighted by molar-refractivity contribution is 7.99. The fraction of sp³-hybridized carbons (Fsp3) is 0.471. The Labute approximate surface area is 161 Å². The Bertz CT molecular complexity index is 780. The van der Waals surface area contributed by atoms with E-state index in [9.17, 15) is 5.11 Å². The minimum atomic E-state index is -1.16. The van der Waals surface area contributed by atoms with Crippen LogP contribution in [0.3, 0.4) is 0 Å². The van der Waals surface area contributed by atoms with Gasteiger partial charge in [0.1, 0.15) is 17.7 Å². The van der Waals surface area contributed by atoms with Gasteiger partial charge in [-0.3, -0.25) is 5.01 Å². The molecule has 1 aliphatic heterocycles. The standard InChI is InChI=1S/C17H23N5O2S2/c1-17(2,23)15-19-9-20-16(21-15)22(18)11-5-6-24-12-7-10(25-3)8-13(26-4)14(11)12/h7-9,11,23H,5-6,18H2,1-4H3. The van der Waals surface area contributed by atoms with E-state index in [2.05, 4.69) is 27.1 Å². The number of ether oxygens (including phenoxy) is 1. The molecule has 140 valence electrons. The van der Waals surface area contributed by atoms with Gasteiger partial charge in [-0.05, 0) is 38.5 Å². The molecule has 3 N–H and O–H groups in total. The van der Waals surface area contributed by atoms with E-state index in [1.807, 2.05) is 12.5 Å². The van der Waals surface area contributed by atoms with Crippen LogP contribution in [-0.2, 0) is 5.60 Å². The third-order valence-corrected chi connectivity index (χ3v) is 5.67. The molecule has 9 heteroatoms. The average Bonchev–Trinajstić information content (AvgIpc) is 2.65. The molecular formula is C17H23N5O2S2. The number of aromatic nitrogens is 3. The molecule has 1 unspecified atom stereocenters. The molecule has 7 nitrogen and oxygen atoms in total. The third kappa shape index (κ3) is 3.75. The topological polar surface area (TPSA) is 97.4 Å². The summed E-state index contributed by atoms with van der Waals surface area (Å²) in [6, 6.07) is 4.09. The van der Waals surface area contributed by atoms with Crippen LogP contribution in [0.2, 0.25) is 0 Å². The smallest absolute Gasteiger partial charge is 0.243 e. The first-order valence-corrected chi connectivity index (χ1v) is 10.6. The second kappa shape index (κ2) is 7.59. The zero-order chi connectivity index (χ0) is 18.9. The molecule has 1 atom stereocenters. The Morgan fingerprint density at radius 3 is 2.69 bits per heavy atom. The monoisotopic (exact) mass is 393 g/mol. The average molecular weight is 394 g/mol. The van der Waals surface area contributed by atoms with Crippen LogP contribution < -0.4 is 15.6 Å². The van der Waals surface area contributed by atoms with E-state index in [-0.39, 0.29) is 11.9 Å². The summed E-state index contributed by atoms with van der Waals surface area (Å²) in [5, 5.41) is 11.7. The predicted octanol–water partition coefficient (Wildman–Crippen LogP) is 2.75. The number of anilines is 1. The highest BCUT2D eigenvalue weighted by Gasteiger charge is 2.31. The Morgan fingerprint density at radius 1 is 1.27 bits per heavy atom. The normalized spacial score (nSPS) is 16.8. The molecule has 1 aliphatic rings. The lowest BCUT2D eigenvalue weighted by Gasteiger charge is -2.34. The van der Waals surface area contributed by atoms with Gasteiger partial charge in [0, 0.05) is 21.8 Å². The zero-order valence-corrected chi connectivity index (χ0v) is 16.9. The van der Waals surface area contributed by atoms with Crippen LogP contribution in [0.1, 0.15) is 37.7 Å². The molecule has 0 bridgehead atoms. The minimum absolute atomic E-state index is 0.117. The van der Waals surface area contributed by atoms with Crippen molar-refractivity contribution in [3.63, 3.8) is 0 Å². The molecule has 0 saturated carbocycles. The number of hydrazine groups is 1. The predicted molar refractivity (Wildman–Crippen MR) is 105 cm³/mol. The summed E-state index contributed by atoms with van der Waals surface area (Å²) in [6.45, 7) is 3.83. The molecule has 2 heterocycles. The molecule has 3 rings (SSSR count). The molecule has 0 amide bonds. The van der Waals surface area contributed by atoms with Crippen LogP contribution in [0.4, 0.5) is 5.95 Å². The van der Waals surface area contributed by atoms with Gasteiger partial charge >= 0.3 is 0 Å². The van der Waals surface area contributed by atoms with Crippen LogP contribution in [0, 0.1) is 0 Å². The van der Waals surface area contributed by atoms with Crippen molar-refractivity contribution in [3.05, 3.63) is 29.8 Å². The molecule has 1 aromatic heterocycles. The van der Waals surface area contributed by atoms with Crippen LogP contribution in [-0.4, -0.2) is 39.2 Å². The molecule has 1 aromatic carbocycles. The van der Waals surface area contributed by atoms with Crippen molar-refractivity contribution >= 4 is 29.5 Å². The van der Waals surface area contributed by atoms with Crippen LogP contribution in [0.15, 0.2) is 28.3 Å². The summed E-state index contributed by atoms with van der Waals surface area (Å²) >= 11 is 3.35. The summed E-state index contributed by atoms with van der Waals surface area (Å²) in [5.41, 5.74) is -0.113. The summed E-state index contributed by atoms with van der Waals surface area (Å²) in [5.74, 6) is 7.89. The van der Waals surface area contributed by atoms with Crippen molar-refractivity contribution in [1.29, 1.82) is 0 Å².